The largest absolute Gasteiger partial charge is 0.389 e. The molecule has 0 saturated heterocycles. The summed E-state index contributed by atoms with van der Waals surface area (Å²) in [5.74, 6) is 0.124. The van der Waals surface area contributed by atoms with Gasteiger partial charge in [-0.3, -0.25) is 0 Å². The van der Waals surface area contributed by atoms with Gasteiger partial charge in [-0.15, -0.1) is 0 Å². The molecule has 18 heavy (non-hydrogen) atoms. The Balaban J connectivity index is 2.81. The van der Waals surface area contributed by atoms with Crippen molar-refractivity contribution in [3.8, 4) is 0 Å². The van der Waals surface area contributed by atoms with Crippen LogP contribution in [-0.4, -0.2) is 39.1 Å². The number of nitrogens with zero attached hydrogens (tertiary/aromatic N) is 1. The van der Waals surface area contributed by atoms with Crippen LogP contribution in [0.15, 0.2) is 22.7 Å². The highest BCUT2D eigenvalue weighted by Crippen LogP contribution is 2.27. The Kier molecular flexibility index (Phi) is 5.19. The molecular formula is C12H18BrNO3S. The van der Waals surface area contributed by atoms with Crippen LogP contribution in [0.1, 0.15) is 18.6 Å². The van der Waals surface area contributed by atoms with Crippen molar-refractivity contribution in [2.24, 2.45) is 0 Å². The van der Waals surface area contributed by atoms with E-state index in [1.165, 1.54) is 6.26 Å². The Morgan fingerprint density at radius 3 is 2.50 bits per heavy atom. The van der Waals surface area contributed by atoms with Crippen molar-refractivity contribution < 1.29 is 13.5 Å². The topological polar surface area (TPSA) is 57.6 Å². The number of halogens is 1. The molecule has 4 nitrogen and oxygen atoms in total. The van der Waals surface area contributed by atoms with Gasteiger partial charge >= 0.3 is 0 Å². The van der Waals surface area contributed by atoms with Crippen LogP contribution in [0.3, 0.4) is 0 Å². The van der Waals surface area contributed by atoms with E-state index in [0.29, 0.717) is 6.54 Å². The summed E-state index contributed by atoms with van der Waals surface area (Å²) in [7, 11) is -1.11. The minimum Gasteiger partial charge on any atom is -0.389 e. The standard InChI is InChI=1S/C12H18BrNO3S/c1-9(15)11-5-4-10(8-12(11)13)14(2)6-7-18(3,16)17/h4-5,8-9,15H,6-7H2,1-3H3/t9-/m0/s1. The summed E-state index contributed by atoms with van der Waals surface area (Å²) < 4.78 is 23.0. The third-order valence-corrected chi connectivity index (χ3v) is 4.28. The molecule has 1 aromatic carbocycles. The summed E-state index contributed by atoms with van der Waals surface area (Å²) >= 11 is 3.40. The lowest BCUT2D eigenvalue weighted by Gasteiger charge is -2.20. The number of aliphatic hydroxyl groups is 1. The van der Waals surface area contributed by atoms with Gasteiger partial charge in [0.25, 0.3) is 0 Å². The summed E-state index contributed by atoms with van der Waals surface area (Å²) in [5.41, 5.74) is 1.73. The molecule has 0 amide bonds. The minimum atomic E-state index is -2.95. The van der Waals surface area contributed by atoms with Gasteiger partial charge in [0.15, 0.2) is 0 Å². The summed E-state index contributed by atoms with van der Waals surface area (Å²) in [6.07, 6.45) is 0.697. The summed E-state index contributed by atoms with van der Waals surface area (Å²) in [6.45, 7) is 2.15. The molecule has 102 valence electrons. The van der Waals surface area contributed by atoms with Crippen LogP contribution in [0.2, 0.25) is 0 Å². The Hall–Kier alpha value is -0.590. The molecule has 0 fully saturated rings. The lowest BCUT2D eigenvalue weighted by molar-refractivity contribution is 0.198. The van der Waals surface area contributed by atoms with E-state index in [2.05, 4.69) is 15.9 Å². The maximum absolute atomic E-state index is 11.1. The van der Waals surface area contributed by atoms with Gasteiger partial charge in [-0.2, -0.15) is 0 Å². The van der Waals surface area contributed by atoms with Gasteiger partial charge in [-0.25, -0.2) is 8.42 Å². The van der Waals surface area contributed by atoms with E-state index in [9.17, 15) is 13.5 Å². The van der Waals surface area contributed by atoms with Crippen LogP contribution in [0, 0.1) is 0 Å². The second-order valence-electron chi connectivity index (χ2n) is 4.43. The van der Waals surface area contributed by atoms with Gasteiger partial charge in [0.1, 0.15) is 9.84 Å². The van der Waals surface area contributed by atoms with Crippen molar-refractivity contribution in [1.82, 2.24) is 0 Å². The zero-order chi connectivity index (χ0) is 13.9. The van der Waals surface area contributed by atoms with Crippen molar-refractivity contribution in [3.05, 3.63) is 28.2 Å². The number of benzene rings is 1. The Labute approximate surface area is 117 Å². The number of sulfone groups is 1. The zero-order valence-corrected chi connectivity index (χ0v) is 13.1. The smallest absolute Gasteiger partial charge is 0.149 e. The number of hydrogen-bond donors (Lipinski definition) is 1. The molecule has 0 aliphatic heterocycles. The highest BCUT2D eigenvalue weighted by atomic mass is 79.9. The molecule has 6 heteroatoms. The monoisotopic (exact) mass is 335 g/mol. The SMILES string of the molecule is C[C@H](O)c1ccc(N(C)CCS(C)(=O)=O)cc1Br. The second kappa shape index (κ2) is 6.04. The highest BCUT2D eigenvalue weighted by molar-refractivity contribution is 9.10. The quantitative estimate of drug-likeness (QED) is 0.893. The molecule has 1 atom stereocenters. The van der Waals surface area contributed by atoms with E-state index >= 15 is 0 Å². The van der Waals surface area contributed by atoms with Crippen LogP contribution < -0.4 is 4.90 Å². The van der Waals surface area contributed by atoms with Crippen molar-refractivity contribution in [2.75, 3.05) is 30.5 Å². The molecule has 0 aliphatic rings. The first-order valence-corrected chi connectivity index (χ1v) is 8.42. The number of hydrogen-bond acceptors (Lipinski definition) is 4. The zero-order valence-electron chi connectivity index (χ0n) is 10.7. The van der Waals surface area contributed by atoms with Crippen LogP contribution in [0.25, 0.3) is 0 Å². The van der Waals surface area contributed by atoms with E-state index in [1.807, 2.05) is 30.1 Å². The normalized spacial score (nSPS) is 13.4. The Morgan fingerprint density at radius 2 is 2.06 bits per heavy atom. The Morgan fingerprint density at radius 1 is 1.44 bits per heavy atom. The number of aliphatic hydroxyl groups excluding tert-OH is 1. The molecular weight excluding hydrogens is 318 g/mol. The molecule has 0 saturated carbocycles. The van der Waals surface area contributed by atoms with Crippen molar-refractivity contribution in [1.29, 1.82) is 0 Å². The minimum absolute atomic E-state index is 0.124. The molecule has 0 aromatic heterocycles. The molecule has 0 spiro atoms. The predicted octanol–water partition coefficient (Wildman–Crippen LogP) is 1.98. The fourth-order valence-electron chi connectivity index (χ4n) is 1.52. The number of rotatable bonds is 5. The van der Waals surface area contributed by atoms with Gasteiger partial charge in [0, 0.05) is 30.0 Å². The van der Waals surface area contributed by atoms with Crippen LogP contribution in [-0.2, 0) is 9.84 Å². The lowest BCUT2D eigenvalue weighted by Crippen LogP contribution is -2.24. The summed E-state index contributed by atoms with van der Waals surface area (Å²) in [6, 6.07) is 5.58. The first-order valence-electron chi connectivity index (χ1n) is 5.57. The van der Waals surface area contributed by atoms with E-state index in [0.717, 1.165) is 15.7 Å². The van der Waals surface area contributed by atoms with Crippen LogP contribution in [0.4, 0.5) is 5.69 Å². The molecule has 1 N–H and O–H groups in total. The highest BCUT2D eigenvalue weighted by Gasteiger charge is 2.10. The molecule has 0 unspecified atom stereocenters. The predicted molar refractivity (Wildman–Crippen MR) is 77.8 cm³/mol. The maximum Gasteiger partial charge on any atom is 0.149 e. The molecule has 0 bridgehead atoms. The lowest BCUT2D eigenvalue weighted by atomic mass is 10.1. The molecule has 0 heterocycles. The third kappa shape index (κ3) is 4.59. The van der Waals surface area contributed by atoms with Gasteiger partial charge < -0.3 is 10.0 Å². The van der Waals surface area contributed by atoms with E-state index in [1.54, 1.807) is 6.92 Å². The summed E-state index contributed by atoms with van der Waals surface area (Å²) in [4.78, 5) is 1.87. The van der Waals surface area contributed by atoms with Crippen molar-refractivity contribution >= 4 is 31.5 Å². The van der Waals surface area contributed by atoms with Crippen molar-refractivity contribution in [2.45, 2.75) is 13.0 Å². The van der Waals surface area contributed by atoms with Crippen LogP contribution >= 0.6 is 15.9 Å². The first kappa shape index (κ1) is 15.5. The summed E-state index contributed by atoms with van der Waals surface area (Å²) in [5, 5.41) is 9.52. The van der Waals surface area contributed by atoms with Gasteiger partial charge in [0.2, 0.25) is 0 Å². The van der Waals surface area contributed by atoms with E-state index < -0.39 is 15.9 Å². The maximum atomic E-state index is 11.1. The van der Waals surface area contributed by atoms with Gasteiger partial charge in [-0.1, -0.05) is 22.0 Å². The Bertz CT molecular complexity index is 514. The van der Waals surface area contributed by atoms with E-state index in [-0.39, 0.29) is 5.75 Å². The number of anilines is 1. The van der Waals surface area contributed by atoms with E-state index in [4.69, 9.17) is 0 Å². The van der Waals surface area contributed by atoms with Crippen LogP contribution in [0.5, 0.6) is 0 Å². The molecule has 0 radical (unpaired) electrons. The second-order valence-corrected chi connectivity index (χ2v) is 7.55. The van der Waals surface area contributed by atoms with Gasteiger partial charge in [-0.05, 0) is 24.6 Å². The fourth-order valence-corrected chi connectivity index (χ4v) is 2.83. The molecule has 1 aromatic rings. The fraction of sp³-hybridized carbons (Fsp3) is 0.500. The third-order valence-electron chi connectivity index (χ3n) is 2.67. The average Bonchev–Trinajstić information content (AvgIpc) is 2.24. The van der Waals surface area contributed by atoms with Crippen molar-refractivity contribution in [3.63, 3.8) is 0 Å². The molecule has 0 aliphatic carbocycles. The van der Waals surface area contributed by atoms with Gasteiger partial charge in [0.05, 0.1) is 11.9 Å². The average molecular weight is 336 g/mol. The molecule has 1 rings (SSSR count). The first-order chi connectivity index (χ1) is 8.20.